The van der Waals surface area contributed by atoms with Crippen LogP contribution in [0.3, 0.4) is 0 Å². The van der Waals surface area contributed by atoms with Crippen molar-refractivity contribution < 1.29 is 18.7 Å². The quantitative estimate of drug-likeness (QED) is 0.700. The Labute approximate surface area is 85.6 Å². The van der Waals surface area contributed by atoms with E-state index in [1.54, 1.807) is 12.1 Å². The van der Waals surface area contributed by atoms with Crippen LogP contribution in [0, 0.1) is 0 Å². The lowest BCUT2D eigenvalue weighted by molar-refractivity contribution is 0.0597. The maximum absolute atomic E-state index is 11.4. The van der Waals surface area contributed by atoms with Gasteiger partial charge >= 0.3 is 5.97 Å². The van der Waals surface area contributed by atoms with Crippen molar-refractivity contribution in [1.29, 1.82) is 0 Å². The minimum absolute atomic E-state index is 0.335. The van der Waals surface area contributed by atoms with Crippen molar-refractivity contribution in [2.24, 2.45) is 0 Å². The zero-order valence-corrected chi connectivity index (χ0v) is 8.31. The van der Waals surface area contributed by atoms with Crippen molar-refractivity contribution in [3.8, 4) is 5.75 Å². The number of hydrogen-bond donors (Lipinski definition) is 0. The number of esters is 1. The Hall–Kier alpha value is -2.04. The van der Waals surface area contributed by atoms with Gasteiger partial charge in [-0.2, -0.15) is 0 Å². The summed E-state index contributed by atoms with van der Waals surface area (Å²) in [5, 5.41) is 0. The van der Waals surface area contributed by atoms with E-state index in [1.165, 1.54) is 20.6 Å². The van der Waals surface area contributed by atoms with E-state index < -0.39 is 5.97 Å². The molecule has 5 nitrogen and oxygen atoms in total. The second-order valence-corrected chi connectivity index (χ2v) is 2.86. The number of oxazole rings is 1. The van der Waals surface area contributed by atoms with Gasteiger partial charge in [-0.1, -0.05) is 0 Å². The van der Waals surface area contributed by atoms with Crippen LogP contribution in [0.2, 0.25) is 0 Å². The standard InChI is InChI=1S/C10H9NO4/c1-13-8-4-9-7(11-5-15-9)3-6(8)10(12)14-2/h3-5H,1-2H3. The Bertz CT molecular complexity index is 503. The van der Waals surface area contributed by atoms with Crippen molar-refractivity contribution in [2.75, 3.05) is 14.2 Å². The van der Waals surface area contributed by atoms with Crippen LogP contribution < -0.4 is 4.74 Å². The Balaban J connectivity index is 2.64. The molecule has 0 atom stereocenters. The van der Waals surface area contributed by atoms with Crippen molar-refractivity contribution in [1.82, 2.24) is 4.98 Å². The fraction of sp³-hybridized carbons (Fsp3) is 0.200. The Morgan fingerprint density at radius 2 is 2.20 bits per heavy atom. The first-order valence-electron chi connectivity index (χ1n) is 4.26. The van der Waals surface area contributed by atoms with Gasteiger partial charge in [0, 0.05) is 6.07 Å². The Morgan fingerprint density at radius 1 is 1.40 bits per heavy atom. The number of aromatic nitrogens is 1. The number of ether oxygens (including phenoxy) is 2. The van der Waals surface area contributed by atoms with Crippen LogP contribution in [0.1, 0.15) is 10.4 Å². The molecular formula is C10H9NO4. The number of carbonyl (C=O) groups excluding carboxylic acids is 1. The molecule has 1 heterocycles. The van der Waals surface area contributed by atoms with Gasteiger partial charge in [-0.05, 0) is 6.07 Å². The monoisotopic (exact) mass is 207 g/mol. The van der Waals surface area contributed by atoms with Crippen molar-refractivity contribution in [3.05, 3.63) is 24.1 Å². The predicted octanol–water partition coefficient (Wildman–Crippen LogP) is 1.62. The topological polar surface area (TPSA) is 61.6 Å². The second kappa shape index (κ2) is 3.61. The lowest BCUT2D eigenvalue weighted by atomic mass is 10.2. The van der Waals surface area contributed by atoms with Gasteiger partial charge in [0.25, 0.3) is 0 Å². The minimum atomic E-state index is -0.461. The molecule has 0 saturated heterocycles. The first kappa shape index (κ1) is 9.51. The average Bonchev–Trinajstić information content (AvgIpc) is 2.73. The van der Waals surface area contributed by atoms with E-state index in [0.29, 0.717) is 22.4 Å². The largest absolute Gasteiger partial charge is 0.496 e. The lowest BCUT2D eigenvalue weighted by Crippen LogP contribution is -2.03. The van der Waals surface area contributed by atoms with Gasteiger partial charge in [-0.25, -0.2) is 9.78 Å². The number of benzene rings is 1. The third kappa shape index (κ3) is 1.52. The van der Waals surface area contributed by atoms with E-state index in [2.05, 4.69) is 9.72 Å². The molecule has 0 aliphatic rings. The summed E-state index contributed by atoms with van der Waals surface area (Å²) in [7, 11) is 2.79. The smallest absolute Gasteiger partial charge is 0.341 e. The fourth-order valence-corrected chi connectivity index (χ4v) is 1.32. The third-order valence-electron chi connectivity index (χ3n) is 2.06. The molecule has 0 N–H and O–H groups in total. The highest BCUT2D eigenvalue weighted by Crippen LogP contribution is 2.25. The molecule has 0 amide bonds. The molecular weight excluding hydrogens is 198 g/mol. The van der Waals surface area contributed by atoms with Crippen molar-refractivity contribution in [3.63, 3.8) is 0 Å². The molecule has 1 aromatic carbocycles. The predicted molar refractivity (Wildman–Crippen MR) is 51.9 cm³/mol. The number of rotatable bonds is 2. The summed E-state index contributed by atoms with van der Waals surface area (Å²) in [5.41, 5.74) is 1.50. The maximum Gasteiger partial charge on any atom is 0.341 e. The van der Waals surface area contributed by atoms with Gasteiger partial charge in [0.1, 0.15) is 16.8 Å². The molecule has 0 bridgehead atoms. The molecule has 78 valence electrons. The van der Waals surface area contributed by atoms with Crippen molar-refractivity contribution in [2.45, 2.75) is 0 Å². The van der Waals surface area contributed by atoms with Gasteiger partial charge < -0.3 is 13.9 Å². The summed E-state index contributed by atoms with van der Waals surface area (Å²) in [6, 6.07) is 3.18. The highest BCUT2D eigenvalue weighted by atomic mass is 16.5. The highest BCUT2D eigenvalue weighted by molar-refractivity contribution is 5.96. The normalized spacial score (nSPS) is 10.3. The van der Waals surface area contributed by atoms with Crippen LogP contribution in [-0.4, -0.2) is 25.2 Å². The van der Waals surface area contributed by atoms with Gasteiger partial charge in [0.15, 0.2) is 12.0 Å². The maximum atomic E-state index is 11.4. The minimum Gasteiger partial charge on any atom is -0.496 e. The first-order valence-corrected chi connectivity index (χ1v) is 4.26. The number of hydrogen-bond acceptors (Lipinski definition) is 5. The third-order valence-corrected chi connectivity index (χ3v) is 2.06. The van der Waals surface area contributed by atoms with Crippen molar-refractivity contribution >= 4 is 17.1 Å². The molecule has 0 fully saturated rings. The molecule has 0 aliphatic carbocycles. The molecule has 1 aromatic heterocycles. The highest BCUT2D eigenvalue weighted by Gasteiger charge is 2.15. The number of nitrogens with zero attached hydrogens (tertiary/aromatic N) is 1. The summed E-state index contributed by atoms with van der Waals surface area (Å²) in [4.78, 5) is 15.3. The van der Waals surface area contributed by atoms with Crippen LogP contribution in [0.25, 0.3) is 11.1 Å². The van der Waals surface area contributed by atoms with E-state index in [9.17, 15) is 4.79 Å². The number of methoxy groups -OCH3 is 2. The number of carbonyl (C=O) groups is 1. The first-order chi connectivity index (χ1) is 7.26. The van der Waals surface area contributed by atoms with Gasteiger partial charge in [0.2, 0.25) is 0 Å². The van der Waals surface area contributed by atoms with Gasteiger partial charge in [0.05, 0.1) is 14.2 Å². The molecule has 0 spiro atoms. The molecule has 2 aromatic rings. The number of fused-ring (bicyclic) bond motifs is 1. The zero-order valence-electron chi connectivity index (χ0n) is 8.31. The summed E-state index contributed by atoms with van der Waals surface area (Å²) in [6.45, 7) is 0. The molecule has 0 aliphatic heterocycles. The fourth-order valence-electron chi connectivity index (χ4n) is 1.32. The lowest BCUT2D eigenvalue weighted by Gasteiger charge is -2.05. The van der Waals surface area contributed by atoms with Crippen LogP contribution in [0.15, 0.2) is 22.9 Å². The molecule has 0 unspecified atom stereocenters. The molecule has 5 heteroatoms. The van der Waals surface area contributed by atoms with Crippen LogP contribution in [-0.2, 0) is 4.74 Å². The molecule has 2 rings (SSSR count). The van der Waals surface area contributed by atoms with Crippen LogP contribution in [0.5, 0.6) is 5.75 Å². The summed E-state index contributed by atoms with van der Waals surface area (Å²) in [6.07, 6.45) is 1.31. The van der Waals surface area contributed by atoms with Crippen LogP contribution >= 0.6 is 0 Å². The average molecular weight is 207 g/mol. The summed E-state index contributed by atoms with van der Waals surface area (Å²) < 4.78 is 14.8. The molecule has 0 saturated carbocycles. The van der Waals surface area contributed by atoms with E-state index in [4.69, 9.17) is 9.15 Å². The summed E-state index contributed by atoms with van der Waals surface area (Å²) in [5.74, 6) is -0.0529. The van der Waals surface area contributed by atoms with Gasteiger partial charge in [-0.15, -0.1) is 0 Å². The Morgan fingerprint density at radius 3 is 2.87 bits per heavy atom. The van der Waals surface area contributed by atoms with Crippen LogP contribution in [0.4, 0.5) is 0 Å². The van der Waals surface area contributed by atoms with E-state index in [0.717, 1.165) is 0 Å². The summed E-state index contributed by atoms with van der Waals surface area (Å²) >= 11 is 0. The van der Waals surface area contributed by atoms with E-state index in [1.807, 2.05) is 0 Å². The SMILES string of the molecule is COC(=O)c1cc2ncoc2cc1OC. The second-order valence-electron chi connectivity index (χ2n) is 2.86. The zero-order chi connectivity index (χ0) is 10.8. The van der Waals surface area contributed by atoms with Gasteiger partial charge in [-0.3, -0.25) is 0 Å². The Kier molecular flexibility index (Phi) is 2.29. The molecule has 15 heavy (non-hydrogen) atoms. The van der Waals surface area contributed by atoms with E-state index in [-0.39, 0.29) is 0 Å². The van der Waals surface area contributed by atoms with E-state index >= 15 is 0 Å². The molecule has 0 radical (unpaired) electrons.